The van der Waals surface area contributed by atoms with Gasteiger partial charge in [-0.1, -0.05) is 29.3 Å². The third kappa shape index (κ3) is 6.05. The molecule has 1 aliphatic heterocycles. The maximum absolute atomic E-state index is 12.5. The fourth-order valence-electron chi connectivity index (χ4n) is 3.13. The Morgan fingerprint density at radius 3 is 2.60 bits per heavy atom. The van der Waals surface area contributed by atoms with Crippen molar-refractivity contribution in [3.63, 3.8) is 0 Å². The van der Waals surface area contributed by atoms with E-state index in [-0.39, 0.29) is 18.2 Å². The minimum Gasteiger partial charge on any atom is -0.486 e. The van der Waals surface area contributed by atoms with Crippen molar-refractivity contribution in [1.29, 1.82) is 0 Å². The molecule has 11 heteroatoms. The normalized spacial score (nSPS) is 15.5. The Labute approximate surface area is 223 Å². The molecular formula is C24H16BrCl2N3O4S. The number of nitro benzene ring substituents is 1. The molecule has 3 aromatic rings. The van der Waals surface area contributed by atoms with Crippen LogP contribution < -0.4 is 10.1 Å². The van der Waals surface area contributed by atoms with E-state index in [1.807, 2.05) is 13.0 Å². The summed E-state index contributed by atoms with van der Waals surface area (Å²) in [6, 6.07) is 15.0. The van der Waals surface area contributed by atoms with E-state index in [1.165, 1.54) is 23.9 Å². The number of ether oxygens (including phenoxy) is 1. The van der Waals surface area contributed by atoms with Crippen LogP contribution in [0.2, 0.25) is 10.0 Å². The van der Waals surface area contributed by atoms with Gasteiger partial charge in [0.15, 0.2) is 10.9 Å². The highest BCUT2D eigenvalue weighted by Gasteiger charge is 2.24. The fraction of sp³-hybridized carbons (Fsp3) is 0.0833. The van der Waals surface area contributed by atoms with Gasteiger partial charge in [0.2, 0.25) is 0 Å². The summed E-state index contributed by atoms with van der Waals surface area (Å²) in [6.07, 6.45) is 1.71. The third-order valence-electron chi connectivity index (χ3n) is 4.96. The molecule has 0 bridgehead atoms. The Morgan fingerprint density at radius 1 is 1.17 bits per heavy atom. The van der Waals surface area contributed by atoms with E-state index in [0.717, 1.165) is 11.1 Å². The Balaban J connectivity index is 1.49. The van der Waals surface area contributed by atoms with Crippen LogP contribution in [0.25, 0.3) is 6.08 Å². The van der Waals surface area contributed by atoms with Crippen molar-refractivity contribution in [2.24, 2.45) is 4.99 Å². The first-order chi connectivity index (χ1) is 16.7. The first kappa shape index (κ1) is 25.2. The summed E-state index contributed by atoms with van der Waals surface area (Å²) in [5, 5.41) is 15.0. The highest BCUT2D eigenvalue weighted by Crippen LogP contribution is 2.37. The number of hydrogen-bond donors (Lipinski definition) is 1. The number of benzene rings is 3. The second-order valence-electron chi connectivity index (χ2n) is 7.39. The van der Waals surface area contributed by atoms with Crippen molar-refractivity contribution in [2.75, 3.05) is 0 Å². The Morgan fingerprint density at radius 2 is 1.91 bits per heavy atom. The SMILES string of the molecule is Cc1c(Cl)cccc1N=C1NC(=O)/C(=C\c2cc(Cl)c(OCc3ccc([N+](=O)[O-])cc3)c(Br)c2)S1. The molecule has 0 radical (unpaired) electrons. The molecular weight excluding hydrogens is 577 g/mol. The van der Waals surface area contributed by atoms with Crippen LogP contribution in [0.5, 0.6) is 5.75 Å². The molecule has 1 saturated heterocycles. The zero-order chi connectivity index (χ0) is 25.1. The molecule has 1 fully saturated rings. The second-order valence-corrected chi connectivity index (χ2v) is 10.1. The molecule has 0 unspecified atom stereocenters. The van der Waals surface area contributed by atoms with Gasteiger partial charge >= 0.3 is 0 Å². The average Bonchev–Trinajstić information content (AvgIpc) is 3.15. The number of nitrogens with zero attached hydrogens (tertiary/aromatic N) is 2. The van der Waals surface area contributed by atoms with Crippen molar-refractivity contribution >= 4 is 79.4 Å². The monoisotopic (exact) mass is 591 g/mol. The topological polar surface area (TPSA) is 93.8 Å². The molecule has 0 aliphatic carbocycles. The van der Waals surface area contributed by atoms with Crippen LogP contribution in [0.15, 0.2) is 69.0 Å². The lowest BCUT2D eigenvalue weighted by molar-refractivity contribution is -0.384. The van der Waals surface area contributed by atoms with E-state index in [0.29, 0.717) is 41.6 Å². The van der Waals surface area contributed by atoms with Crippen molar-refractivity contribution in [3.05, 3.63) is 101 Å². The summed E-state index contributed by atoms with van der Waals surface area (Å²) in [6.45, 7) is 2.04. The minimum atomic E-state index is -0.457. The van der Waals surface area contributed by atoms with Crippen LogP contribution in [0.1, 0.15) is 16.7 Å². The zero-order valence-corrected chi connectivity index (χ0v) is 22.0. The number of aliphatic imine (C=N–C) groups is 1. The zero-order valence-electron chi connectivity index (χ0n) is 18.1. The highest BCUT2D eigenvalue weighted by molar-refractivity contribution is 9.10. The predicted octanol–water partition coefficient (Wildman–Crippen LogP) is 7.44. The van der Waals surface area contributed by atoms with Gasteiger partial charge in [-0.05, 0) is 93.8 Å². The maximum Gasteiger partial charge on any atom is 0.269 e. The second kappa shape index (κ2) is 10.8. The number of carbonyl (C=O) groups is 1. The predicted molar refractivity (Wildman–Crippen MR) is 144 cm³/mol. The van der Waals surface area contributed by atoms with Gasteiger partial charge < -0.3 is 10.1 Å². The van der Waals surface area contributed by atoms with Crippen LogP contribution in [-0.2, 0) is 11.4 Å². The van der Waals surface area contributed by atoms with Crippen LogP contribution in [0, 0.1) is 17.0 Å². The number of halogens is 3. The number of carbonyl (C=O) groups excluding carboxylic acids is 1. The van der Waals surface area contributed by atoms with Crippen molar-refractivity contribution < 1.29 is 14.5 Å². The number of nitro groups is 1. The van der Waals surface area contributed by atoms with Crippen molar-refractivity contribution in [3.8, 4) is 5.75 Å². The summed E-state index contributed by atoms with van der Waals surface area (Å²) in [7, 11) is 0. The van der Waals surface area contributed by atoms with E-state index < -0.39 is 4.92 Å². The third-order valence-corrected chi connectivity index (χ3v) is 7.15. The van der Waals surface area contributed by atoms with Crippen LogP contribution in [-0.4, -0.2) is 16.0 Å². The number of nitrogens with one attached hydrogen (secondary N) is 1. The molecule has 1 aliphatic rings. The van der Waals surface area contributed by atoms with Crippen molar-refractivity contribution in [1.82, 2.24) is 5.32 Å². The molecule has 178 valence electrons. The number of thioether (sulfide) groups is 1. The first-order valence-corrected chi connectivity index (χ1v) is 12.5. The molecule has 1 heterocycles. The Hall–Kier alpha value is -2.85. The molecule has 0 aromatic heterocycles. The molecule has 0 atom stereocenters. The van der Waals surface area contributed by atoms with Gasteiger partial charge in [0, 0.05) is 17.2 Å². The molecule has 1 amide bonds. The standard InChI is InChI=1S/C24H16BrCl2N3O4S/c1-13-18(26)3-2-4-20(13)28-24-29-23(31)21(35-24)11-15-9-17(25)22(19(27)10-15)34-12-14-5-7-16(8-6-14)30(32)33/h2-11H,12H2,1H3,(H,28,29,31)/b21-11+. The molecule has 1 N–H and O–H groups in total. The number of rotatable bonds is 6. The molecule has 3 aromatic carbocycles. The maximum atomic E-state index is 12.5. The number of amides is 1. The van der Waals surface area contributed by atoms with E-state index in [2.05, 4.69) is 26.2 Å². The Bertz CT molecular complexity index is 1370. The van der Waals surface area contributed by atoms with E-state index in [4.69, 9.17) is 27.9 Å². The quantitative estimate of drug-likeness (QED) is 0.182. The molecule has 4 rings (SSSR count). The van der Waals surface area contributed by atoms with Gasteiger partial charge in [0.1, 0.15) is 6.61 Å². The first-order valence-electron chi connectivity index (χ1n) is 10.1. The van der Waals surface area contributed by atoms with Crippen LogP contribution in [0.4, 0.5) is 11.4 Å². The van der Waals surface area contributed by atoms with Gasteiger partial charge in [-0.15, -0.1) is 0 Å². The lowest BCUT2D eigenvalue weighted by Crippen LogP contribution is -2.19. The van der Waals surface area contributed by atoms with Gasteiger partial charge in [-0.3, -0.25) is 14.9 Å². The smallest absolute Gasteiger partial charge is 0.269 e. The molecule has 7 nitrogen and oxygen atoms in total. The summed E-state index contributed by atoms with van der Waals surface area (Å²) in [5.41, 5.74) is 2.97. The van der Waals surface area contributed by atoms with Crippen LogP contribution >= 0.6 is 50.9 Å². The van der Waals surface area contributed by atoms with E-state index in [1.54, 1.807) is 42.5 Å². The van der Waals surface area contributed by atoms with Gasteiger partial charge in [-0.25, -0.2) is 4.99 Å². The van der Waals surface area contributed by atoms with Gasteiger partial charge in [0.05, 0.1) is 25.0 Å². The summed E-state index contributed by atoms with van der Waals surface area (Å²) in [5.74, 6) is 0.161. The fourth-order valence-corrected chi connectivity index (χ4v) is 5.12. The largest absolute Gasteiger partial charge is 0.486 e. The van der Waals surface area contributed by atoms with E-state index >= 15 is 0 Å². The number of non-ortho nitro benzene ring substituents is 1. The minimum absolute atomic E-state index is 0.00933. The van der Waals surface area contributed by atoms with E-state index in [9.17, 15) is 14.9 Å². The summed E-state index contributed by atoms with van der Waals surface area (Å²) >= 11 is 17.3. The van der Waals surface area contributed by atoms with Crippen LogP contribution in [0.3, 0.4) is 0 Å². The summed E-state index contributed by atoms with van der Waals surface area (Å²) in [4.78, 5) is 27.8. The number of amidine groups is 1. The lowest BCUT2D eigenvalue weighted by atomic mass is 10.2. The molecule has 0 spiro atoms. The highest BCUT2D eigenvalue weighted by atomic mass is 79.9. The summed E-state index contributed by atoms with van der Waals surface area (Å²) < 4.78 is 6.42. The molecule has 35 heavy (non-hydrogen) atoms. The van der Waals surface area contributed by atoms with Gasteiger partial charge in [0.25, 0.3) is 11.6 Å². The van der Waals surface area contributed by atoms with Crippen molar-refractivity contribution in [2.45, 2.75) is 13.5 Å². The average molecular weight is 593 g/mol. The lowest BCUT2D eigenvalue weighted by Gasteiger charge is -2.11. The Kier molecular flexibility index (Phi) is 7.81. The molecule has 0 saturated carbocycles. The van der Waals surface area contributed by atoms with Gasteiger partial charge in [-0.2, -0.15) is 0 Å². The number of hydrogen-bond acceptors (Lipinski definition) is 6.